The zero-order valence-electron chi connectivity index (χ0n) is 21.2. The lowest BCUT2D eigenvalue weighted by molar-refractivity contribution is 0.189. The molecule has 6 heteroatoms. The number of hydrogen-bond donors (Lipinski definition) is 1. The van der Waals surface area contributed by atoms with Gasteiger partial charge in [-0.25, -0.2) is 4.39 Å². The highest BCUT2D eigenvalue weighted by Crippen LogP contribution is 2.45. The van der Waals surface area contributed by atoms with Crippen LogP contribution in [0.25, 0.3) is 11.1 Å². The van der Waals surface area contributed by atoms with E-state index in [1.807, 2.05) is 78.9 Å². The topological polar surface area (TPSA) is 54.8 Å². The van der Waals surface area contributed by atoms with Crippen molar-refractivity contribution in [2.45, 2.75) is 32.1 Å². The van der Waals surface area contributed by atoms with Crippen molar-refractivity contribution < 1.29 is 19.0 Å². The van der Waals surface area contributed by atoms with Gasteiger partial charge in [-0.2, -0.15) is 4.98 Å². The molecule has 1 saturated heterocycles. The molecule has 5 nitrogen and oxygen atoms in total. The van der Waals surface area contributed by atoms with Crippen LogP contribution >= 0.6 is 0 Å². The van der Waals surface area contributed by atoms with Crippen LogP contribution in [0.1, 0.15) is 24.0 Å². The highest BCUT2D eigenvalue weighted by atomic mass is 19.1. The summed E-state index contributed by atoms with van der Waals surface area (Å²) >= 11 is 0. The predicted octanol–water partition coefficient (Wildman–Crippen LogP) is 6.25. The maximum atomic E-state index is 15.5. The van der Waals surface area contributed by atoms with Crippen LogP contribution in [0, 0.1) is 17.7 Å². The van der Waals surface area contributed by atoms with Gasteiger partial charge in [-0.15, -0.1) is 0 Å². The van der Waals surface area contributed by atoms with E-state index in [4.69, 9.17) is 9.47 Å². The molecular formula is C32H31FN2O3. The molecule has 2 aliphatic rings. The second kappa shape index (κ2) is 10.8. The number of aliphatic hydroxyl groups excluding tert-OH is 1. The number of pyridine rings is 1. The highest BCUT2D eigenvalue weighted by Gasteiger charge is 2.44. The van der Waals surface area contributed by atoms with Crippen LogP contribution in [-0.4, -0.2) is 29.3 Å². The van der Waals surface area contributed by atoms with Gasteiger partial charge >= 0.3 is 0 Å². The number of aliphatic hydroxyl groups is 1. The second-order valence-corrected chi connectivity index (χ2v) is 10.2. The lowest BCUT2D eigenvalue weighted by Crippen LogP contribution is -2.36. The minimum atomic E-state index is -0.256. The average molecular weight is 511 g/mol. The quantitative estimate of drug-likeness (QED) is 0.288. The van der Waals surface area contributed by atoms with Crippen LogP contribution in [0.15, 0.2) is 91.0 Å². The van der Waals surface area contributed by atoms with Crippen molar-refractivity contribution >= 4 is 5.69 Å². The van der Waals surface area contributed by atoms with E-state index in [1.54, 1.807) is 12.1 Å². The summed E-state index contributed by atoms with van der Waals surface area (Å²) in [6.07, 6.45) is 1.95. The minimum absolute atomic E-state index is 0.222. The van der Waals surface area contributed by atoms with Crippen molar-refractivity contribution in [1.29, 1.82) is 0 Å². The number of anilines is 1. The van der Waals surface area contributed by atoms with E-state index >= 15 is 4.39 Å². The number of hydrogen-bond acceptors (Lipinski definition) is 5. The van der Waals surface area contributed by atoms with Gasteiger partial charge in [0.1, 0.15) is 19.0 Å². The van der Waals surface area contributed by atoms with Gasteiger partial charge in [0.15, 0.2) is 0 Å². The molecule has 0 radical (unpaired) electrons. The molecular weight excluding hydrogens is 479 g/mol. The van der Waals surface area contributed by atoms with E-state index in [0.717, 1.165) is 30.5 Å². The zero-order chi connectivity index (χ0) is 25.9. The molecule has 6 rings (SSSR count). The fourth-order valence-electron chi connectivity index (χ4n) is 5.78. The molecule has 2 heterocycles. The molecule has 2 bridgehead atoms. The van der Waals surface area contributed by atoms with Crippen molar-refractivity contribution in [3.63, 3.8) is 0 Å². The molecule has 1 saturated carbocycles. The third-order valence-electron chi connectivity index (χ3n) is 7.77. The maximum absolute atomic E-state index is 15.5. The fraction of sp³-hybridized carbons (Fsp3) is 0.281. The molecule has 194 valence electrons. The van der Waals surface area contributed by atoms with E-state index in [1.165, 1.54) is 0 Å². The van der Waals surface area contributed by atoms with Gasteiger partial charge in [0.2, 0.25) is 11.8 Å². The molecule has 1 N–H and O–H groups in total. The molecule has 4 aromatic rings. The first kappa shape index (κ1) is 24.4. The molecule has 0 amide bonds. The van der Waals surface area contributed by atoms with Gasteiger partial charge < -0.3 is 19.5 Å². The van der Waals surface area contributed by atoms with Crippen LogP contribution in [0.5, 0.6) is 11.8 Å². The Balaban J connectivity index is 1.25. The fourth-order valence-corrected chi connectivity index (χ4v) is 5.78. The molecule has 3 atom stereocenters. The number of aromatic nitrogens is 1. The van der Waals surface area contributed by atoms with Gasteiger partial charge in [0.25, 0.3) is 0 Å². The number of rotatable bonds is 9. The van der Waals surface area contributed by atoms with Crippen LogP contribution in [0.3, 0.4) is 0 Å². The Morgan fingerprint density at radius 3 is 2.18 bits per heavy atom. The summed E-state index contributed by atoms with van der Waals surface area (Å²) in [4.78, 5) is 6.82. The Hall–Kier alpha value is -3.90. The summed E-state index contributed by atoms with van der Waals surface area (Å²) in [5.41, 5.74) is 4.10. The van der Waals surface area contributed by atoms with Crippen LogP contribution in [0.4, 0.5) is 10.1 Å². The SMILES string of the molecule is OCC1CC2C[C@H]1CN2c1ccc(-c2ccc(OCc3ccccc3)nc2OCc2ccccc2)cc1F. The van der Waals surface area contributed by atoms with Crippen LogP contribution in [0.2, 0.25) is 0 Å². The van der Waals surface area contributed by atoms with Gasteiger partial charge in [0, 0.05) is 30.8 Å². The summed E-state index contributed by atoms with van der Waals surface area (Å²) in [6.45, 7) is 1.75. The lowest BCUT2D eigenvalue weighted by atomic mass is 9.95. The molecule has 1 aromatic heterocycles. The van der Waals surface area contributed by atoms with Crippen LogP contribution in [-0.2, 0) is 13.2 Å². The third-order valence-corrected chi connectivity index (χ3v) is 7.77. The predicted molar refractivity (Wildman–Crippen MR) is 146 cm³/mol. The Bertz CT molecular complexity index is 1380. The van der Waals surface area contributed by atoms with Gasteiger partial charge in [-0.05, 0) is 59.6 Å². The van der Waals surface area contributed by atoms with Gasteiger partial charge in [-0.3, -0.25) is 0 Å². The summed E-state index contributed by atoms with van der Waals surface area (Å²) in [7, 11) is 0. The number of fused-ring (bicyclic) bond motifs is 2. The standard InChI is InChI=1S/C32H31FN2O3/c33-29-17-24(11-13-30(29)35-18-25-15-27(35)16-26(25)19-36)28-12-14-31(37-20-22-7-3-1-4-8-22)34-32(28)38-21-23-9-5-2-6-10-23/h1-14,17,25-27,36H,15-16,18-21H2/t25-,26?,27?/m0/s1. The smallest absolute Gasteiger partial charge is 0.225 e. The van der Waals surface area contributed by atoms with E-state index in [0.29, 0.717) is 59.7 Å². The molecule has 2 unspecified atom stereocenters. The third kappa shape index (κ3) is 5.09. The first-order valence-corrected chi connectivity index (χ1v) is 13.2. The van der Waals surface area contributed by atoms with E-state index in [-0.39, 0.29) is 12.4 Å². The van der Waals surface area contributed by atoms with Crippen molar-refractivity contribution in [1.82, 2.24) is 4.98 Å². The average Bonchev–Trinajstić information content (AvgIpc) is 3.57. The highest BCUT2D eigenvalue weighted by molar-refractivity contribution is 5.71. The number of nitrogens with zero attached hydrogens (tertiary/aromatic N) is 2. The number of halogens is 1. The summed E-state index contributed by atoms with van der Waals surface area (Å²) in [5, 5.41) is 9.60. The first-order chi connectivity index (χ1) is 18.7. The molecule has 2 fully saturated rings. The van der Waals surface area contributed by atoms with Gasteiger partial charge in [0.05, 0.1) is 5.69 Å². The Labute approximate surface area is 222 Å². The summed E-state index contributed by atoms with van der Waals surface area (Å²) in [5.74, 6) is 1.38. The van der Waals surface area contributed by atoms with Crippen LogP contribution < -0.4 is 14.4 Å². The van der Waals surface area contributed by atoms with Crippen molar-refractivity contribution in [3.8, 4) is 22.9 Å². The number of piperidine rings is 1. The van der Waals surface area contributed by atoms with Crippen molar-refractivity contribution in [2.24, 2.45) is 11.8 Å². The maximum Gasteiger partial charge on any atom is 0.225 e. The van der Waals surface area contributed by atoms with E-state index in [9.17, 15) is 5.11 Å². The normalized spacial score (nSPS) is 20.1. The van der Waals surface area contributed by atoms with Crippen molar-refractivity contribution in [2.75, 3.05) is 18.1 Å². The lowest BCUT2D eigenvalue weighted by Gasteiger charge is -2.33. The Kier molecular flexibility index (Phi) is 6.97. The zero-order valence-corrected chi connectivity index (χ0v) is 21.2. The molecule has 1 aliphatic carbocycles. The largest absolute Gasteiger partial charge is 0.473 e. The second-order valence-electron chi connectivity index (χ2n) is 10.2. The van der Waals surface area contributed by atoms with E-state index in [2.05, 4.69) is 9.88 Å². The molecule has 0 spiro atoms. The van der Waals surface area contributed by atoms with Crippen molar-refractivity contribution in [3.05, 3.63) is 108 Å². The number of ether oxygens (including phenoxy) is 2. The van der Waals surface area contributed by atoms with E-state index < -0.39 is 0 Å². The minimum Gasteiger partial charge on any atom is -0.473 e. The summed E-state index contributed by atoms with van der Waals surface area (Å²) < 4.78 is 27.6. The number of benzene rings is 3. The Morgan fingerprint density at radius 1 is 0.842 bits per heavy atom. The molecule has 3 aromatic carbocycles. The molecule has 1 aliphatic heterocycles. The Morgan fingerprint density at radius 2 is 1.55 bits per heavy atom. The summed E-state index contributed by atoms with van der Waals surface area (Å²) in [6, 6.07) is 29.1. The monoisotopic (exact) mass is 510 g/mol. The first-order valence-electron chi connectivity index (χ1n) is 13.2. The molecule has 38 heavy (non-hydrogen) atoms. The van der Waals surface area contributed by atoms with Gasteiger partial charge in [-0.1, -0.05) is 66.7 Å².